The van der Waals surface area contributed by atoms with Crippen LogP contribution in [0.4, 0.5) is 0 Å². The Labute approximate surface area is 198 Å². The average molecular weight is 451 g/mol. The van der Waals surface area contributed by atoms with Gasteiger partial charge in [0.25, 0.3) is 0 Å². The zero-order valence-corrected chi connectivity index (χ0v) is 18.7. The molecule has 8 nitrogen and oxygen atoms in total. The van der Waals surface area contributed by atoms with Crippen LogP contribution in [0.3, 0.4) is 0 Å². The third-order valence-corrected chi connectivity index (χ3v) is 6.42. The molecule has 1 aliphatic carbocycles. The van der Waals surface area contributed by atoms with Gasteiger partial charge >= 0.3 is 0 Å². The first-order chi connectivity index (χ1) is 16.9. The van der Waals surface area contributed by atoms with E-state index in [0.29, 0.717) is 0 Å². The van der Waals surface area contributed by atoms with Crippen LogP contribution in [-0.2, 0) is 0 Å². The van der Waals surface area contributed by atoms with Crippen LogP contribution in [0.25, 0.3) is 10.8 Å². The lowest BCUT2D eigenvalue weighted by Gasteiger charge is -2.31. The Bertz CT molecular complexity index is 1240. The van der Waals surface area contributed by atoms with Crippen molar-refractivity contribution in [1.82, 2.24) is 21.5 Å². The normalized spacial score (nSPS) is 21.1. The Hall–Kier alpha value is -4.20. The maximum absolute atomic E-state index is 4.56. The molecular weight excluding hydrogens is 424 g/mol. The third-order valence-electron chi connectivity index (χ3n) is 6.42. The minimum Gasteiger partial charge on any atom is -0.353 e. The molecule has 0 spiro atoms. The molecule has 6 rings (SSSR count). The van der Waals surface area contributed by atoms with Gasteiger partial charge in [-0.25, -0.2) is 20.8 Å². The molecule has 8 heteroatoms. The van der Waals surface area contributed by atoms with Crippen molar-refractivity contribution in [1.29, 1.82) is 0 Å². The van der Waals surface area contributed by atoms with E-state index in [4.69, 9.17) is 0 Å². The third kappa shape index (κ3) is 3.87. The number of rotatable bonds is 4. The molecule has 0 fully saturated rings. The first-order valence-corrected chi connectivity index (χ1v) is 11.6. The summed E-state index contributed by atoms with van der Waals surface area (Å²) in [7, 11) is 0. The summed E-state index contributed by atoms with van der Waals surface area (Å²) in [6.45, 7) is 3.23. The monoisotopic (exact) mass is 450 g/mol. The second kappa shape index (κ2) is 8.97. The Balaban J connectivity index is 1.42. The summed E-state index contributed by atoms with van der Waals surface area (Å²) >= 11 is 0. The molecule has 0 aromatic heterocycles. The number of benzene rings is 3. The zero-order valence-electron chi connectivity index (χ0n) is 18.7. The first-order valence-electron chi connectivity index (χ1n) is 11.6. The van der Waals surface area contributed by atoms with Gasteiger partial charge in [-0.1, -0.05) is 48.5 Å². The summed E-state index contributed by atoms with van der Waals surface area (Å²) in [6, 6.07) is 21.6. The van der Waals surface area contributed by atoms with E-state index in [1.54, 1.807) is 0 Å². The van der Waals surface area contributed by atoms with Crippen LogP contribution in [0, 0.1) is 0 Å². The lowest BCUT2D eigenvalue weighted by atomic mass is 9.72. The van der Waals surface area contributed by atoms with Crippen molar-refractivity contribution in [3.63, 3.8) is 0 Å². The Morgan fingerprint density at radius 3 is 1.59 bits per heavy atom. The fourth-order valence-electron chi connectivity index (χ4n) is 4.84. The quantitative estimate of drug-likeness (QED) is 0.363. The Morgan fingerprint density at radius 1 is 0.676 bits per heavy atom. The molecule has 0 bridgehead atoms. The second-order valence-electron chi connectivity index (χ2n) is 8.51. The molecule has 0 radical (unpaired) electrons. The fraction of sp³-hybridized carbons (Fsp3) is 0.231. The van der Waals surface area contributed by atoms with Gasteiger partial charge in [0, 0.05) is 37.4 Å². The molecule has 3 aromatic carbocycles. The highest BCUT2D eigenvalue weighted by Gasteiger charge is 2.31. The standard InChI is InChI=1S/C26H26N8/c1-2-6-18-14-22-21(13-17(18)5-1)23(15-31-33-25-27-9-10-28-25)19-7-3-4-8-20(19)24(22)16-32-34-26-29-11-12-30-26/h1-8,13-16,23-24H,9-12H2,(H2,27,28,33)(H2,29,30,34)/b31-15+,32-16+. The number of fused-ring (bicyclic) bond motifs is 3. The van der Waals surface area contributed by atoms with Crippen LogP contribution in [0.1, 0.15) is 34.1 Å². The number of aliphatic imine (C=N–C) groups is 2. The average Bonchev–Trinajstić information content (AvgIpc) is 3.59. The maximum atomic E-state index is 4.56. The van der Waals surface area contributed by atoms with Crippen molar-refractivity contribution < 1.29 is 0 Å². The molecule has 2 unspecified atom stereocenters. The Morgan fingerprint density at radius 2 is 1.15 bits per heavy atom. The second-order valence-corrected chi connectivity index (χ2v) is 8.51. The van der Waals surface area contributed by atoms with Gasteiger partial charge in [0.2, 0.25) is 11.9 Å². The van der Waals surface area contributed by atoms with Crippen LogP contribution < -0.4 is 21.5 Å². The predicted octanol–water partition coefficient (Wildman–Crippen LogP) is 2.49. The highest BCUT2D eigenvalue weighted by atomic mass is 15.4. The molecule has 2 atom stereocenters. The predicted molar refractivity (Wildman–Crippen MR) is 138 cm³/mol. The lowest BCUT2D eigenvalue weighted by Crippen LogP contribution is -2.31. The minimum absolute atomic E-state index is 0.0174. The van der Waals surface area contributed by atoms with Gasteiger partial charge in [0.15, 0.2) is 0 Å². The van der Waals surface area contributed by atoms with Gasteiger partial charge in [-0.3, -0.25) is 0 Å². The summed E-state index contributed by atoms with van der Waals surface area (Å²) in [6.07, 6.45) is 3.97. The van der Waals surface area contributed by atoms with Gasteiger partial charge < -0.3 is 10.6 Å². The van der Waals surface area contributed by atoms with E-state index >= 15 is 0 Å². The molecule has 4 N–H and O–H groups in total. The van der Waals surface area contributed by atoms with E-state index < -0.39 is 0 Å². The Kier molecular flexibility index (Phi) is 5.39. The van der Waals surface area contributed by atoms with E-state index in [2.05, 4.69) is 102 Å². The van der Waals surface area contributed by atoms with Gasteiger partial charge in [0.1, 0.15) is 0 Å². The van der Waals surface area contributed by atoms with E-state index in [0.717, 1.165) is 38.1 Å². The van der Waals surface area contributed by atoms with Crippen molar-refractivity contribution in [2.45, 2.75) is 11.8 Å². The molecule has 2 heterocycles. The molecule has 3 aromatic rings. The van der Waals surface area contributed by atoms with Crippen LogP contribution in [0.15, 0.2) is 80.9 Å². The highest BCUT2D eigenvalue weighted by molar-refractivity contribution is 5.92. The number of hydrogen-bond acceptors (Lipinski definition) is 8. The van der Waals surface area contributed by atoms with E-state index in [1.807, 2.05) is 12.4 Å². The number of hydrazone groups is 2. The van der Waals surface area contributed by atoms with Crippen LogP contribution in [0.2, 0.25) is 0 Å². The van der Waals surface area contributed by atoms with Crippen molar-refractivity contribution in [3.8, 4) is 0 Å². The van der Waals surface area contributed by atoms with E-state index in [1.165, 1.54) is 33.0 Å². The summed E-state index contributed by atoms with van der Waals surface area (Å²) in [4.78, 5) is 8.74. The number of hydrogen-bond donors (Lipinski definition) is 4. The topological polar surface area (TPSA) is 97.6 Å². The van der Waals surface area contributed by atoms with Crippen molar-refractivity contribution >= 4 is 35.1 Å². The molecule has 0 amide bonds. The molecule has 0 saturated heterocycles. The SMILES string of the molecule is C(=N\NC1=NCCN1)/C1c2ccccc2C(/C=N/NC2=NCCN2)c2cc3ccccc3cc21. The molecule has 2 aliphatic heterocycles. The van der Waals surface area contributed by atoms with E-state index in [9.17, 15) is 0 Å². The summed E-state index contributed by atoms with van der Waals surface area (Å²) in [5, 5.41) is 17.9. The van der Waals surface area contributed by atoms with E-state index in [-0.39, 0.29) is 11.8 Å². The van der Waals surface area contributed by atoms with Crippen LogP contribution >= 0.6 is 0 Å². The first kappa shape index (κ1) is 20.4. The van der Waals surface area contributed by atoms with Crippen molar-refractivity contribution in [2.24, 2.45) is 20.2 Å². The summed E-state index contributed by atoms with van der Waals surface area (Å²) < 4.78 is 0. The van der Waals surface area contributed by atoms with Gasteiger partial charge in [-0.2, -0.15) is 10.2 Å². The maximum Gasteiger partial charge on any atom is 0.212 e. The largest absolute Gasteiger partial charge is 0.353 e. The smallest absolute Gasteiger partial charge is 0.212 e. The van der Waals surface area contributed by atoms with Gasteiger partial charge in [-0.05, 0) is 45.2 Å². The van der Waals surface area contributed by atoms with Gasteiger partial charge in [0.05, 0.1) is 13.1 Å². The fourth-order valence-corrected chi connectivity index (χ4v) is 4.84. The molecule has 0 saturated carbocycles. The summed E-state index contributed by atoms with van der Waals surface area (Å²) in [5.74, 6) is 1.48. The van der Waals surface area contributed by atoms with Crippen LogP contribution in [-0.4, -0.2) is 50.5 Å². The zero-order chi connectivity index (χ0) is 22.7. The highest BCUT2D eigenvalue weighted by Crippen LogP contribution is 2.43. The van der Waals surface area contributed by atoms with Crippen molar-refractivity contribution in [3.05, 3.63) is 82.9 Å². The summed E-state index contributed by atoms with van der Waals surface area (Å²) in [5.41, 5.74) is 11.0. The van der Waals surface area contributed by atoms with Gasteiger partial charge in [-0.15, -0.1) is 0 Å². The molecular formula is C26H26N8. The minimum atomic E-state index is 0.0174. The lowest BCUT2D eigenvalue weighted by molar-refractivity contribution is 0.884. The molecule has 170 valence electrons. The number of nitrogens with zero attached hydrogens (tertiary/aromatic N) is 4. The molecule has 3 aliphatic rings. The van der Waals surface area contributed by atoms with Crippen LogP contribution in [0.5, 0.6) is 0 Å². The number of nitrogens with one attached hydrogen (secondary N) is 4. The molecule has 34 heavy (non-hydrogen) atoms. The number of guanidine groups is 2. The van der Waals surface area contributed by atoms with Crippen molar-refractivity contribution in [2.75, 3.05) is 26.2 Å².